The monoisotopic (exact) mass is 358 g/mol. The molecule has 0 atom stereocenters. The third-order valence-electron chi connectivity index (χ3n) is 3.68. The molecule has 0 saturated carbocycles. The van der Waals surface area contributed by atoms with Crippen LogP contribution < -0.4 is 11.1 Å². The number of hydrogen-bond donors (Lipinski definition) is 4. The molecule has 128 valence electrons. The zero-order valence-corrected chi connectivity index (χ0v) is 13.6. The van der Waals surface area contributed by atoms with Crippen LogP contribution >= 0.6 is 0 Å². The molecule has 7 nitrogen and oxygen atoms in total. The van der Waals surface area contributed by atoms with Crippen LogP contribution in [0.1, 0.15) is 10.4 Å². The number of amides is 1. The molecule has 0 aliphatic heterocycles. The fourth-order valence-electron chi connectivity index (χ4n) is 2.41. The Balaban J connectivity index is 2.07. The van der Waals surface area contributed by atoms with Crippen LogP contribution in [-0.2, 0) is 10.1 Å². The molecule has 0 unspecified atom stereocenters. The molecule has 25 heavy (non-hydrogen) atoms. The molecule has 8 heteroatoms. The van der Waals surface area contributed by atoms with E-state index in [1.165, 1.54) is 30.3 Å². The minimum absolute atomic E-state index is 0.0811. The first-order chi connectivity index (χ1) is 11.8. The van der Waals surface area contributed by atoms with Crippen molar-refractivity contribution in [2.24, 2.45) is 0 Å². The van der Waals surface area contributed by atoms with E-state index < -0.39 is 16.0 Å². The van der Waals surface area contributed by atoms with Gasteiger partial charge in [0.15, 0.2) is 0 Å². The molecule has 5 N–H and O–H groups in total. The summed E-state index contributed by atoms with van der Waals surface area (Å²) in [7, 11) is -4.42. The van der Waals surface area contributed by atoms with Crippen molar-refractivity contribution < 1.29 is 22.9 Å². The number of aromatic hydroxyl groups is 1. The van der Waals surface area contributed by atoms with E-state index in [1.54, 1.807) is 24.3 Å². The van der Waals surface area contributed by atoms with Crippen molar-refractivity contribution in [2.75, 3.05) is 11.1 Å². The number of nitrogens with one attached hydrogen (secondary N) is 1. The van der Waals surface area contributed by atoms with Gasteiger partial charge >= 0.3 is 0 Å². The number of hydrogen-bond acceptors (Lipinski definition) is 5. The molecule has 0 fully saturated rings. The highest BCUT2D eigenvalue weighted by Gasteiger charge is 2.15. The molecule has 0 aliphatic carbocycles. The number of carbonyl (C=O) groups excluding carboxylic acids is 1. The van der Waals surface area contributed by atoms with Gasteiger partial charge in [0.25, 0.3) is 16.0 Å². The molecule has 3 aromatic rings. The molecule has 3 aromatic carbocycles. The van der Waals surface area contributed by atoms with Crippen molar-refractivity contribution in [3.05, 3.63) is 60.2 Å². The molecule has 0 aromatic heterocycles. The number of phenolic OH excluding ortho intramolecular Hbond substituents is 1. The predicted octanol–water partition coefficient (Wildman–Crippen LogP) is 2.63. The van der Waals surface area contributed by atoms with Gasteiger partial charge in [-0.2, -0.15) is 8.42 Å². The molecular formula is C17H14N2O5S. The van der Waals surface area contributed by atoms with Crippen molar-refractivity contribution in [3.63, 3.8) is 0 Å². The molecular weight excluding hydrogens is 344 g/mol. The first-order valence-corrected chi connectivity index (χ1v) is 8.60. The van der Waals surface area contributed by atoms with Crippen LogP contribution in [-0.4, -0.2) is 24.0 Å². The van der Waals surface area contributed by atoms with Crippen LogP contribution in [0.15, 0.2) is 59.5 Å². The van der Waals surface area contributed by atoms with Gasteiger partial charge in [-0.25, -0.2) is 0 Å². The highest BCUT2D eigenvalue weighted by Crippen LogP contribution is 2.33. The Labute approximate surface area is 143 Å². The molecule has 0 aliphatic rings. The van der Waals surface area contributed by atoms with Gasteiger partial charge in [-0.1, -0.05) is 0 Å². The van der Waals surface area contributed by atoms with Crippen molar-refractivity contribution in [1.82, 2.24) is 0 Å². The van der Waals surface area contributed by atoms with E-state index >= 15 is 0 Å². The minimum Gasteiger partial charge on any atom is -0.507 e. The van der Waals surface area contributed by atoms with E-state index in [9.17, 15) is 22.9 Å². The van der Waals surface area contributed by atoms with Crippen LogP contribution in [0.5, 0.6) is 5.75 Å². The second-order valence-corrected chi connectivity index (χ2v) is 6.81. The Bertz CT molecular complexity index is 1080. The summed E-state index contributed by atoms with van der Waals surface area (Å²) >= 11 is 0. The van der Waals surface area contributed by atoms with E-state index in [0.29, 0.717) is 22.3 Å². The Morgan fingerprint density at radius 1 is 0.960 bits per heavy atom. The zero-order chi connectivity index (χ0) is 18.2. The molecule has 1 amide bonds. The number of carbonyl (C=O) groups is 1. The van der Waals surface area contributed by atoms with Gasteiger partial charge in [-0.05, 0) is 54.6 Å². The summed E-state index contributed by atoms with van der Waals surface area (Å²) in [5, 5.41) is 13.2. The van der Waals surface area contributed by atoms with E-state index in [2.05, 4.69) is 5.32 Å². The first-order valence-electron chi connectivity index (χ1n) is 7.16. The van der Waals surface area contributed by atoms with Crippen LogP contribution in [0, 0.1) is 0 Å². The lowest BCUT2D eigenvalue weighted by atomic mass is 10.1. The lowest BCUT2D eigenvalue weighted by Crippen LogP contribution is -2.12. The van der Waals surface area contributed by atoms with Gasteiger partial charge in [-0.3, -0.25) is 9.35 Å². The fourth-order valence-corrected chi connectivity index (χ4v) is 2.92. The predicted molar refractivity (Wildman–Crippen MR) is 94.2 cm³/mol. The molecule has 0 spiro atoms. The lowest BCUT2D eigenvalue weighted by molar-refractivity contribution is 0.102. The number of anilines is 2. The standard InChI is InChI=1S/C17H14N2O5S/c18-11-3-1-10(2-4-11)17(21)19-15-7-8-16(20)13-6-5-12(9-14(13)15)25(22,23)24/h1-9,20H,18H2,(H,19,21)(H,22,23,24). The van der Waals surface area contributed by atoms with E-state index in [-0.39, 0.29) is 16.0 Å². The fraction of sp³-hybridized carbons (Fsp3) is 0. The minimum atomic E-state index is -4.42. The number of nitrogens with two attached hydrogens (primary N) is 1. The van der Waals surface area contributed by atoms with Gasteiger partial charge in [0.2, 0.25) is 0 Å². The number of rotatable bonds is 3. The number of benzene rings is 3. The maximum atomic E-state index is 12.4. The van der Waals surface area contributed by atoms with Gasteiger partial charge < -0.3 is 16.2 Å². The quantitative estimate of drug-likeness (QED) is 0.323. The summed E-state index contributed by atoms with van der Waals surface area (Å²) in [5.74, 6) is -0.508. The number of phenols is 1. The van der Waals surface area contributed by atoms with Gasteiger partial charge in [0.1, 0.15) is 5.75 Å². The Morgan fingerprint density at radius 2 is 1.64 bits per heavy atom. The van der Waals surface area contributed by atoms with Crippen molar-refractivity contribution in [1.29, 1.82) is 0 Å². The topological polar surface area (TPSA) is 130 Å². The van der Waals surface area contributed by atoms with E-state index in [1.807, 2.05) is 0 Å². The molecule has 0 heterocycles. The summed E-state index contributed by atoms with van der Waals surface area (Å²) in [5.41, 5.74) is 6.76. The number of fused-ring (bicyclic) bond motifs is 1. The molecule has 0 saturated heterocycles. The Morgan fingerprint density at radius 3 is 2.28 bits per heavy atom. The lowest BCUT2D eigenvalue weighted by Gasteiger charge is -2.11. The van der Waals surface area contributed by atoms with Crippen molar-refractivity contribution in [2.45, 2.75) is 4.90 Å². The Kier molecular flexibility index (Phi) is 4.07. The van der Waals surface area contributed by atoms with Crippen molar-refractivity contribution in [3.8, 4) is 5.75 Å². The summed E-state index contributed by atoms with van der Waals surface area (Å²) in [4.78, 5) is 12.0. The Hall–Kier alpha value is -3.10. The van der Waals surface area contributed by atoms with Gasteiger partial charge in [0.05, 0.1) is 4.90 Å². The van der Waals surface area contributed by atoms with Gasteiger partial charge in [0, 0.05) is 27.7 Å². The smallest absolute Gasteiger partial charge is 0.294 e. The van der Waals surface area contributed by atoms with Crippen LogP contribution in [0.25, 0.3) is 10.8 Å². The second kappa shape index (κ2) is 6.08. The third-order valence-corrected chi connectivity index (χ3v) is 4.53. The normalized spacial score (nSPS) is 11.4. The van der Waals surface area contributed by atoms with Crippen LogP contribution in [0.2, 0.25) is 0 Å². The summed E-state index contributed by atoms with van der Waals surface area (Å²) in [6.07, 6.45) is 0. The maximum Gasteiger partial charge on any atom is 0.294 e. The van der Waals surface area contributed by atoms with Crippen molar-refractivity contribution >= 4 is 38.2 Å². The average Bonchev–Trinajstić information content (AvgIpc) is 2.57. The van der Waals surface area contributed by atoms with E-state index in [4.69, 9.17) is 5.73 Å². The van der Waals surface area contributed by atoms with Crippen LogP contribution in [0.3, 0.4) is 0 Å². The molecule has 0 radical (unpaired) electrons. The summed E-state index contributed by atoms with van der Waals surface area (Å²) in [6, 6.07) is 12.8. The van der Waals surface area contributed by atoms with E-state index in [0.717, 1.165) is 0 Å². The SMILES string of the molecule is Nc1ccc(C(=O)Nc2ccc(O)c3ccc(S(=O)(=O)O)cc23)cc1. The van der Waals surface area contributed by atoms with Crippen LogP contribution in [0.4, 0.5) is 11.4 Å². The highest BCUT2D eigenvalue weighted by atomic mass is 32.2. The van der Waals surface area contributed by atoms with Gasteiger partial charge in [-0.15, -0.1) is 0 Å². The maximum absolute atomic E-state index is 12.4. The molecule has 0 bridgehead atoms. The third kappa shape index (κ3) is 3.39. The second-order valence-electron chi connectivity index (χ2n) is 5.39. The summed E-state index contributed by atoms with van der Waals surface area (Å²) < 4.78 is 31.9. The molecule has 3 rings (SSSR count). The highest BCUT2D eigenvalue weighted by molar-refractivity contribution is 7.85. The number of nitrogen functional groups attached to an aromatic ring is 1. The first kappa shape index (κ1) is 16.7. The summed E-state index contributed by atoms with van der Waals surface area (Å²) in [6.45, 7) is 0. The zero-order valence-electron chi connectivity index (χ0n) is 12.8. The average molecular weight is 358 g/mol. The largest absolute Gasteiger partial charge is 0.507 e.